The van der Waals surface area contributed by atoms with Crippen LogP contribution < -0.4 is 24.8 Å². The van der Waals surface area contributed by atoms with Crippen LogP contribution in [0.5, 0.6) is 17.2 Å². The summed E-state index contributed by atoms with van der Waals surface area (Å²) in [6.07, 6.45) is 1.91. The average molecular weight is 499 g/mol. The summed E-state index contributed by atoms with van der Waals surface area (Å²) in [6, 6.07) is 13.8. The molecular formula is C21H30IN3O3. The summed E-state index contributed by atoms with van der Waals surface area (Å²) in [6.45, 7) is 3.55. The molecule has 0 aliphatic rings. The highest BCUT2D eigenvalue weighted by molar-refractivity contribution is 14.0. The first-order valence-electron chi connectivity index (χ1n) is 9.10. The molecule has 0 amide bonds. The first-order valence-corrected chi connectivity index (χ1v) is 9.10. The molecule has 7 heteroatoms. The van der Waals surface area contributed by atoms with Crippen molar-refractivity contribution < 1.29 is 14.2 Å². The van der Waals surface area contributed by atoms with Gasteiger partial charge in [0, 0.05) is 24.8 Å². The van der Waals surface area contributed by atoms with Crippen molar-refractivity contribution >= 4 is 35.6 Å². The molecule has 154 valence electrons. The van der Waals surface area contributed by atoms with Crippen molar-refractivity contribution in [3.8, 4) is 17.2 Å². The van der Waals surface area contributed by atoms with Gasteiger partial charge in [0.05, 0.1) is 21.3 Å². The van der Waals surface area contributed by atoms with Gasteiger partial charge in [-0.2, -0.15) is 0 Å². The van der Waals surface area contributed by atoms with Crippen molar-refractivity contribution in [3.05, 3.63) is 48.0 Å². The Morgan fingerprint density at radius 2 is 1.75 bits per heavy atom. The second-order valence-corrected chi connectivity index (χ2v) is 5.91. The van der Waals surface area contributed by atoms with Crippen LogP contribution in [0.25, 0.3) is 0 Å². The molecule has 0 bridgehead atoms. The van der Waals surface area contributed by atoms with Crippen molar-refractivity contribution in [2.75, 3.05) is 39.7 Å². The number of halogens is 1. The van der Waals surface area contributed by atoms with E-state index in [4.69, 9.17) is 14.2 Å². The van der Waals surface area contributed by atoms with E-state index < -0.39 is 0 Å². The van der Waals surface area contributed by atoms with E-state index in [2.05, 4.69) is 27.8 Å². The second-order valence-electron chi connectivity index (χ2n) is 5.91. The van der Waals surface area contributed by atoms with E-state index in [1.165, 1.54) is 5.56 Å². The standard InChI is InChI=1S/C21H29N3O3.HI/c1-5-22-21(24-17-11-12-19(26-3)20(15-17)27-4)23-13-7-9-16-8-6-10-18(14-16)25-2;/h6,8,10-12,14-15H,5,7,9,13H2,1-4H3,(H2,22,23,24);1H. The van der Waals surface area contributed by atoms with Gasteiger partial charge >= 0.3 is 0 Å². The fourth-order valence-electron chi connectivity index (χ4n) is 2.66. The number of aryl methyl sites for hydroxylation is 1. The lowest BCUT2D eigenvalue weighted by Gasteiger charge is -2.14. The lowest BCUT2D eigenvalue weighted by atomic mass is 10.1. The van der Waals surface area contributed by atoms with Crippen LogP contribution in [-0.4, -0.2) is 40.4 Å². The number of hydrogen-bond acceptors (Lipinski definition) is 4. The summed E-state index contributed by atoms with van der Waals surface area (Å²) in [5.74, 6) is 3.01. The maximum Gasteiger partial charge on any atom is 0.195 e. The van der Waals surface area contributed by atoms with Crippen LogP contribution >= 0.6 is 24.0 Å². The van der Waals surface area contributed by atoms with Gasteiger partial charge in [0.15, 0.2) is 17.5 Å². The lowest BCUT2D eigenvalue weighted by Crippen LogP contribution is -2.30. The summed E-state index contributed by atoms with van der Waals surface area (Å²) >= 11 is 0. The molecule has 2 aromatic rings. The Balaban J connectivity index is 0.00000392. The third-order valence-corrected chi connectivity index (χ3v) is 4.02. The van der Waals surface area contributed by atoms with Crippen molar-refractivity contribution in [2.24, 2.45) is 4.99 Å². The number of hydrogen-bond donors (Lipinski definition) is 2. The first kappa shape index (κ1) is 23.9. The van der Waals surface area contributed by atoms with Gasteiger partial charge in [-0.3, -0.25) is 4.99 Å². The fraction of sp³-hybridized carbons (Fsp3) is 0.381. The Kier molecular flexibility index (Phi) is 11.2. The fourth-order valence-corrected chi connectivity index (χ4v) is 2.66. The van der Waals surface area contributed by atoms with Crippen LogP contribution in [0.3, 0.4) is 0 Å². The molecule has 0 saturated heterocycles. The largest absolute Gasteiger partial charge is 0.497 e. The van der Waals surface area contributed by atoms with Crippen LogP contribution in [-0.2, 0) is 6.42 Å². The van der Waals surface area contributed by atoms with Crippen molar-refractivity contribution in [3.63, 3.8) is 0 Å². The summed E-state index contributed by atoms with van der Waals surface area (Å²) in [5.41, 5.74) is 2.14. The monoisotopic (exact) mass is 499 g/mol. The van der Waals surface area contributed by atoms with Crippen LogP contribution in [0, 0.1) is 0 Å². The van der Waals surface area contributed by atoms with E-state index in [1.807, 2.05) is 37.3 Å². The number of benzene rings is 2. The van der Waals surface area contributed by atoms with E-state index in [0.717, 1.165) is 43.3 Å². The van der Waals surface area contributed by atoms with Gasteiger partial charge in [0.2, 0.25) is 0 Å². The minimum absolute atomic E-state index is 0. The van der Waals surface area contributed by atoms with E-state index in [1.54, 1.807) is 21.3 Å². The summed E-state index contributed by atoms with van der Waals surface area (Å²) in [5, 5.41) is 6.57. The predicted molar refractivity (Wildman–Crippen MR) is 126 cm³/mol. The van der Waals surface area contributed by atoms with Gasteiger partial charge in [0.25, 0.3) is 0 Å². The quantitative estimate of drug-likeness (QED) is 0.233. The number of aliphatic imine (C=N–C) groups is 1. The van der Waals surface area contributed by atoms with E-state index in [9.17, 15) is 0 Å². The maximum absolute atomic E-state index is 5.35. The third kappa shape index (κ3) is 7.46. The van der Waals surface area contributed by atoms with Gasteiger partial charge in [-0.25, -0.2) is 0 Å². The minimum Gasteiger partial charge on any atom is -0.497 e. The average Bonchev–Trinajstić information content (AvgIpc) is 2.71. The third-order valence-electron chi connectivity index (χ3n) is 4.02. The number of nitrogens with one attached hydrogen (secondary N) is 2. The van der Waals surface area contributed by atoms with Gasteiger partial charge in [-0.05, 0) is 49.6 Å². The van der Waals surface area contributed by atoms with Crippen LogP contribution in [0.2, 0.25) is 0 Å². The molecule has 2 aromatic carbocycles. The summed E-state index contributed by atoms with van der Waals surface area (Å²) in [7, 11) is 4.93. The molecule has 0 heterocycles. The molecule has 0 saturated carbocycles. The molecule has 2 rings (SSSR count). The lowest BCUT2D eigenvalue weighted by molar-refractivity contribution is 0.355. The van der Waals surface area contributed by atoms with Gasteiger partial charge in [-0.1, -0.05) is 12.1 Å². The summed E-state index contributed by atoms with van der Waals surface area (Å²) in [4.78, 5) is 4.66. The molecule has 6 nitrogen and oxygen atoms in total. The van der Waals surface area contributed by atoms with Gasteiger partial charge in [0.1, 0.15) is 5.75 Å². The van der Waals surface area contributed by atoms with Crippen molar-refractivity contribution in [2.45, 2.75) is 19.8 Å². The molecule has 0 unspecified atom stereocenters. The predicted octanol–water partition coefficient (Wildman–Crippen LogP) is 4.34. The number of guanidine groups is 1. The number of methoxy groups -OCH3 is 3. The Morgan fingerprint density at radius 1 is 0.964 bits per heavy atom. The smallest absolute Gasteiger partial charge is 0.195 e. The highest BCUT2D eigenvalue weighted by atomic mass is 127. The molecule has 0 aliphatic carbocycles. The maximum atomic E-state index is 5.35. The van der Waals surface area contributed by atoms with Gasteiger partial charge < -0.3 is 24.8 Å². The Bertz CT molecular complexity index is 753. The minimum atomic E-state index is 0. The molecule has 0 radical (unpaired) electrons. The van der Waals surface area contributed by atoms with Crippen LogP contribution in [0.4, 0.5) is 5.69 Å². The SMILES string of the molecule is CCNC(=NCCCc1cccc(OC)c1)Nc1ccc(OC)c(OC)c1.I. The molecule has 28 heavy (non-hydrogen) atoms. The highest BCUT2D eigenvalue weighted by Gasteiger charge is 2.06. The summed E-state index contributed by atoms with van der Waals surface area (Å²) < 4.78 is 15.9. The van der Waals surface area contributed by atoms with Crippen molar-refractivity contribution in [1.29, 1.82) is 0 Å². The molecule has 0 atom stereocenters. The molecule has 0 spiro atoms. The number of ether oxygens (including phenoxy) is 3. The van der Waals surface area contributed by atoms with E-state index in [-0.39, 0.29) is 24.0 Å². The number of nitrogens with zero attached hydrogens (tertiary/aromatic N) is 1. The van der Waals surface area contributed by atoms with Crippen molar-refractivity contribution in [1.82, 2.24) is 5.32 Å². The molecule has 0 aliphatic heterocycles. The number of rotatable bonds is 9. The molecule has 0 fully saturated rings. The Labute approximate surface area is 184 Å². The highest BCUT2D eigenvalue weighted by Crippen LogP contribution is 2.29. The molecular weight excluding hydrogens is 469 g/mol. The normalized spacial score (nSPS) is 10.6. The Morgan fingerprint density at radius 3 is 2.43 bits per heavy atom. The zero-order chi connectivity index (χ0) is 19.5. The van der Waals surface area contributed by atoms with Crippen LogP contribution in [0.1, 0.15) is 18.9 Å². The van der Waals surface area contributed by atoms with Crippen LogP contribution in [0.15, 0.2) is 47.5 Å². The first-order chi connectivity index (χ1) is 13.2. The van der Waals surface area contributed by atoms with E-state index >= 15 is 0 Å². The molecule has 0 aromatic heterocycles. The zero-order valence-corrected chi connectivity index (χ0v) is 19.3. The number of anilines is 1. The van der Waals surface area contributed by atoms with Gasteiger partial charge in [-0.15, -0.1) is 24.0 Å². The Hall–Kier alpha value is -2.16. The van der Waals surface area contributed by atoms with E-state index in [0.29, 0.717) is 11.5 Å². The molecule has 2 N–H and O–H groups in total. The second kappa shape index (κ2) is 13.1. The topological polar surface area (TPSA) is 64.1 Å². The zero-order valence-electron chi connectivity index (χ0n) is 17.0.